The van der Waals surface area contributed by atoms with E-state index in [0.29, 0.717) is 0 Å². The predicted octanol–water partition coefficient (Wildman–Crippen LogP) is 3.12. The van der Waals surface area contributed by atoms with Crippen molar-refractivity contribution in [1.29, 1.82) is 0 Å². The first-order chi connectivity index (χ1) is 6.50. The third-order valence-corrected chi connectivity index (χ3v) is 4.11. The van der Waals surface area contributed by atoms with Crippen LogP contribution in [0.25, 0.3) is 0 Å². The molecule has 1 saturated heterocycles. The predicted molar refractivity (Wildman–Crippen MR) is 63.5 cm³/mol. The van der Waals surface area contributed by atoms with Crippen LogP contribution in [0, 0.1) is 0 Å². The van der Waals surface area contributed by atoms with Crippen molar-refractivity contribution in [3.63, 3.8) is 0 Å². The van der Waals surface area contributed by atoms with Crippen molar-refractivity contribution < 1.29 is 0 Å². The van der Waals surface area contributed by atoms with Crippen molar-refractivity contribution in [3.8, 4) is 0 Å². The molecule has 1 aliphatic heterocycles. The Bertz CT molecular complexity index is 63.7. The Balaban J connectivity index is 2.01. The summed E-state index contributed by atoms with van der Waals surface area (Å²) in [5, 5.41) is 0. The molecule has 0 aliphatic carbocycles. The smallest absolute Gasteiger partial charge is 0.0109 e. The van der Waals surface area contributed by atoms with Gasteiger partial charge in [-0.15, -0.1) is 0 Å². The van der Waals surface area contributed by atoms with Crippen LogP contribution in [0.3, 0.4) is 0 Å². The van der Waals surface area contributed by atoms with Crippen LogP contribution in [0.4, 0.5) is 0 Å². The summed E-state index contributed by atoms with van der Waals surface area (Å²) in [5.74, 6) is 1.28. The standard InChI is InChI=1S/C9H20N2S2/c1-2-4-6-8-10-11-13-12-9-7-5-3-1/h10-11H,1-9H2. The zero-order chi connectivity index (χ0) is 9.19. The Morgan fingerprint density at radius 2 is 1.46 bits per heavy atom. The molecule has 0 amide bonds. The van der Waals surface area contributed by atoms with E-state index in [-0.39, 0.29) is 0 Å². The molecule has 2 N–H and O–H groups in total. The van der Waals surface area contributed by atoms with E-state index in [2.05, 4.69) is 10.3 Å². The average Bonchev–Trinajstić information content (AvgIpc) is 2.18. The highest BCUT2D eigenvalue weighted by Crippen LogP contribution is 2.19. The lowest BCUT2D eigenvalue weighted by atomic mass is 10.1. The number of hydrogen-bond acceptors (Lipinski definition) is 4. The molecule has 0 saturated carbocycles. The molecule has 1 fully saturated rings. The van der Waals surface area contributed by atoms with Crippen LogP contribution in [0.1, 0.15) is 44.9 Å². The van der Waals surface area contributed by atoms with Gasteiger partial charge < -0.3 is 0 Å². The van der Waals surface area contributed by atoms with Gasteiger partial charge in [0.25, 0.3) is 0 Å². The van der Waals surface area contributed by atoms with Gasteiger partial charge >= 0.3 is 0 Å². The fourth-order valence-electron chi connectivity index (χ4n) is 1.41. The zero-order valence-electron chi connectivity index (χ0n) is 8.18. The highest BCUT2D eigenvalue weighted by atomic mass is 33.1. The highest BCUT2D eigenvalue weighted by Gasteiger charge is 1.95. The Hall–Kier alpha value is 0.620. The second-order valence-electron chi connectivity index (χ2n) is 3.41. The maximum atomic E-state index is 3.22. The fraction of sp³-hybridized carbons (Fsp3) is 1.00. The third-order valence-electron chi connectivity index (χ3n) is 2.20. The number of hydrogen-bond donors (Lipinski definition) is 2. The van der Waals surface area contributed by atoms with Gasteiger partial charge in [0, 0.05) is 23.3 Å². The lowest BCUT2D eigenvalue weighted by Gasteiger charge is -2.03. The van der Waals surface area contributed by atoms with Gasteiger partial charge in [0.05, 0.1) is 0 Å². The SMILES string of the molecule is C1CCCCNNSSCCCC1. The van der Waals surface area contributed by atoms with Gasteiger partial charge in [-0.2, -0.15) is 4.83 Å². The van der Waals surface area contributed by atoms with Gasteiger partial charge in [0.2, 0.25) is 0 Å². The molecule has 0 aromatic rings. The van der Waals surface area contributed by atoms with Crippen LogP contribution in [-0.2, 0) is 0 Å². The van der Waals surface area contributed by atoms with Gasteiger partial charge in [-0.3, -0.25) is 0 Å². The minimum absolute atomic E-state index is 1.10. The van der Waals surface area contributed by atoms with Crippen molar-refractivity contribution in [2.24, 2.45) is 0 Å². The van der Waals surface area contributed by atoms with Crippen molar-refractivity contribution in [2.45, 2.75) is 44.9 Å². The van der Waals surface area contributed by atoms with Crippen LogP contribution in [0.5, 0.6) is 0 Å². The molecule has 2 nitrogen and oxygen atoms in total. The lowest BCUT2D eigenvalue weighted by Crippen LogP contribution is -2.25. The van der Waals surface area contributed by atoms with E-state index in [1.54, 1.807) is 11.0 Å². The molecular weight excluding hydrogens is 200 g/mol. The number of nitrogens with one attached hydrogen (secondary N) is 2. The maximum Gasteiger partial charge on any atom is 0.0109 e. The Morgan fingerprint density at radius 1 is 0.769 bits per heavy atom. The molecular formula is C9H20N2S2. The molecule has 1 heterocycles. The summed E-state index contributed by atoms with van der Waals surface area (Å²) in [7, 11) is 3.65. The average molecular weight is 220 g/mol. The molecule has 1 aliphatic rings. The molecule has 0 atom stereocenters. The summed E-state index contributed by atoms with van der Waals surface area (Å²) in [6.45, 7) is 1.10. The van der Waals surface area contributed by atoms with Crippen LogP contribution in [0.15, 0.2) is 0 Å². The Labute approximate surface area is 89.5 Å². The minimum atomic E-state index is 1.10. The van der Waals surface area contributed by atoms with E-state index >= 15 is 0 Å². The molecule has 78 valence electrons. The van der Waals surface area contributed by atoms with Crippen LogP contribution < -0.4 is 10.3 Å². The van der Waals surface area contributed by atoms with Crippen LogP contribution in [0.2, 0.25) is 0 Å². The van der Waals surface area contributed by atoms with Crippen molar-refractivity contribution in [2.75, 3.05) is 12.3 Å². The monoisotopic (exact) mass is 220 g/mol. The topological polar surface area (TPSA) is 24.1 Å². The van der Waals surface area contributed by atoms with E-state index in [4.69, 9.17) is 0 Å². The summed E-state index contributed by atoms with van der Waals surface area (Å²) in [4.78, 5) is 3.15. The van der Waals surface area contributed by atoms with Gasteiger partial charge in [0.15, 0.2) is 0 Å². The first-order valence-corrected chi connectivity index (χ1v) is 7.58. The van der Waals surface area contributed by atoms with E-state index in [9.17, 15) is 0 Å². The van der Waals surface area contributed by atoms with E-state index < -0.39 is 0 Å². The Kier molecular flexibility index (Phi) is 8.26. The molecule has 13 heavy (non-hydrogen) atoms. The fourth-order valence-corrected chi connectivity index (χ4v) is 2.99. The van der Waals surface area contributed by atoms with Crippen LogP contribution in [-0.4, -0.2) is 12.3 Å². The van der Waals surface area contributed by atoms with Gasteiger partial charge in [-0.1, -0.05) is 42.9 Å². The molecule has 0 bridgehead atoms. The zero-order valence-corrected chi connectivity index (χ0v) is 9.81. The highest BCUT2D eigenvalue weighted by molar-refractivity contribution is 8.75. The van der Waals surface area contributed by atoms with E-state index in [1.807, 2.05) is 10.8 Å². The summed E-state index contributed by atoms with van der Waals surface area (Å²) >= 11 is 0. The van der Waals surface area contributed by atoms with Gasteiger partial charge in [-0.25, -0.2) is 5.43 Å². The third kappa shape index (κ3) is 7.67. The summed E-state index contributed by atoms with van der Waals surface area (Å²) in [5.41, 5.74) is 3.22. The first kappa shape index (κ1) is 11.7. The molecule has 0 radical (unpaired) electrons. The Morgan fingerprint density at radius 3 is 2.31 bits per heavy atom. The summed E-state index contributed by atoms with van der Waals surface area (Å²) in [6, 6.07) is 0. The second-order valence-corrected chi connectivity index (χ2v) is 5.63. The number of rotatable bonds is 0. The quantitative estimate of drug-likeness (QED) is 0.484. The van der Waals surface area contributed by atoms with Gasteiger partial charge in [-0.05, 0) is 12.8 Å². The summed E-state index contributed by atoms with van der Waals surface area (Å²) < 4.78 is 0. The van der Waals surface area contributed by atoms with E-state index in [0.717, 1.165) is 6.54 Å². The van der Waals surface area contributed by atoms with E-state index in [1.165, 1.54) is 50.7 Å². The molecule has 0 aromatic heterocycles. The number of hydrazine groups is 1. The summed E-state index contributed by atoms with van der Waals surface area (Å²) in [6.07, 6.45) is 9.77. The van der Waals surface area contributed by atoms with Crippen LogP contribution >= 0.6 is 21.8 Å². The van der Waals surface area contributed by atoms with Gasteiger partial charge in [0.1, 0.15) is 0 Å². The largest absolute Gasteiger partial charge is 0.247 e. The molecule has 0 spiro atoms. The van der Waals surface area contributed by atoms with Crippen molar-refractivity contribution in [1.82, 2.24) is 10.3 Å². The molecule has 0 unspecified atom stereocenters. The van der Waals surface area contributed by atoms with Crippen molar-refractivity contribution >= 4 is 21.8 Å². The molecule has 1 rings (SSSR count). The second kappa shape index (κ2) is 9.19. The normalized spacial score (nSPS) is 24.0. The maximum absolute atomic E-state index is 3.22. The lowest BCUT2D eigenvalue weighted by molar-refractivity contribution is 0.562. The molecule has 0 aromatic carbocycles. The first-order valence-electron chi connectivity index (χ1n) is 5.26. The minimum Gasteiger partial charge on any atom is -0.247 e. The molecule has 4 heteroatoms. The van der Waals surface area contributed by atoms with Crippen molar-refractivity contribution in [3.05, 3.63) is 0 Å².